The Labute approximate surface area is 89.5 Å². The van der Waals surface area contributed by atoms with Gasteiger partial charge in [0.2, 0.25) is 0 Å². The molecule has 1 aromatic rings. The van der Waals surface area contributed by atoms with Crippen molar-refractivity contribution in [1.82, 2.24) is 9.78 Å². The molecule has 14 heavy (non-hydrogen) atoms. The molecule has 1 aromatic heterocycles. The van der Waals surface area contributed by atoms with Gasteiger partial charge in [-0.3, -0.25) is 4.68 Å². The Morgan fingerprint density at radius 1 is 1.64 bits per heavy atom. The van der Waals surface area contributed by atoms with Gasteiger partial charge in [0.05, 0.1) is 12.3 Å². The molecule has 0 aliphatic rings. The van der Waals surface area contributed by atoms with E-state index in [0.717, 1.165) is 30.6 Å². The minimum atomic E-state index is -0.216. The molecule has 4 heteroatoms. The van der Waals surface area contributed by atoms with Crippen LogP contribution in [0.2, 0.25) is 0 Å². The van der Waals surface area contributed by atoms with Crippen molar-refractivity contribution in [2.45, 2.75) is 25.4 Å². The summed E-state index contributed by atoms with van der Waals surface area (Å²) in [6, 6.07) is 0. The largest absolute Gasteiger partial charge is 0.393 e. The molecule has 0 aliphatic heterocycles. The number of nitrogens with zero attached hydrogens (tertiary/aromatic N) is 2. The highest BCUT2D eigenvalue weighted by atomic mass is 32.2. The van der Waals surface area contributed by atoms with Crippen molar-refractivity contribution in [3.05, 3.63) is 18.0 Å². The maximum Gasteiger partial charge on any atom is 0.0582 e. The van der Waals surface area contributed by atoms with Crippen LogP contribution in [0.1, 0.15) is 18.4 Å². The second-order valence-electron chi connectivity index (χ2n) is 3.52. The molecule has 0 amide bonds. The quantitative estimate of drug-likeness (QED) is 0.729. The van der Waals surface area contributed by atoms with Gasteiger partial charge in [0.15, 0.2) is 0 Å². The van der Waals surface area contributed by atoms with Gasteiger partial charge in [-0.05, 0) is 30.4 Å². The van der Waals surface area contributed by atoms with E-state index in [9.17, 15) is 5.11 Å². The third kappa shape index (κ3) is 4.15. The lowest BCUT2D eigenvalue weighted by molar-refractivity contribution is 0.164. The smallest absolute Gasteiger partial charge is 0.0582 e. The van der Waals surface area contributed by atoms with Crippen molar-refractivity contribution >= 4 is 11.8 Å². The minimum Gasteiger partial charge on any atom is -0.393 e. The van der Waals surface area contributed by atoms with Crippen LogP contribution in [0.3, 0.4) is 0 Å². The van der Waals surface area contributed by atoms with Crippen molar-refractivity contribution in [3.63, 3.8) is 0 Å². The summed E-state index contributed by atoms with van der Waals surface area (Å²) in [5.74, 6) is 1.13. The first kappa shape index (κ1) is 11.6. The van der Waals surface area contributed by atoms with E-state index in [2.05, 4.69) is 11.4 Å². The average Bonchev–Trinajstić information content (AvgIpc) is 2.52. The highest BCUT2D eigenvalue weighted by molar-refractivity contribution is 7.98. The van der Waals surface area contributed by atoms with E-state index in [4.69, 9.17) is 0 Å². The predicted molar refractivity (Wildman–Crippen MR) is 60.5 cm³/mol. The van der Waals surface area contributed by atoms with Gasteiger partial charge in [-0.2, -0.15) is 16.9 Å². The van der Waals surface area contributed by atoms with Crippen molar-refractivity contribution < 1.29 is 5.11 Å². The normalized spacial score (nSPS) is 13.1. The highest BCUT2D eigenvalue weighted by Gasteiger charge is 2.06. The first-order valence-corrected chi connectivity index (χ1v) is 6.26. The summed E-state index contributed by atoms with van der Waals surface area (Å²) in [6.07, 6.45) is 8.34. The zero-order valence-electron chi connectivity index (χ0n) is 8.81. The van der Waals surface area contributed by atoms with Crippen LogP contribution in [0.15, 0.2) is 12.4 Å². The summed E-state index contributed by atoms with van der Waals surface area (Å²) < 4.78 is 1.77. The number of rotatable bonds is 6. The molecular weight excluding hydrogens is 196 g/mol. The maximum atomic E-state index is 9.69. The number of aromatic nitrogens is 2. The van der Waals surface area contributed by atoms with Crippen molar-refractivity contribution in [2.75, 3.05) is 12.0 Å². The first-order valence-electron chi connectivity index (χ1n) is 4.87. The lowest BCUT2D eigenvalue weighted by atomic mass is 10.1. The van der Waals surface area contributed by atoms with Crippen LogP contribution in [0.5, 0.6) is 0 Å². The summed E-state index contributed by atoms with van der Waals surface area (Å²) in [5.41, 5.74) is 1.11. The molecule has 3 nitrogen and oxygen atoms in total. The molecule has 0 aromatic carbocycles. The number of hydrogen-bond donors (Lipinski definition) is 1. The van der Waals surface area contributed by atoms with Crippen LogP contribution in [-0.4, -0.2) is 33.0 Å². The van der Waals surface area contributed by atoms with Gasteiger partial charge in [-0.25, -0.2) is 0 Å². The Kier molecular flexibility index (Phi) is 5.04. The molecule has 1 unspecified atom stereocenters. The van der Waals surface area contributed by atoms with Crippen molar-refractivity contribution in [1.29, 1.82) is 0 Å². The first-order chi connectivity index (χ1) is 6.72. The molecule has 0 saturated carbocycles. The molecule has 0 bridgehead atoms. The van der Waals surface area contributed by atoms with Gasteiger partial charge in [0.1, 0.15) is 0 Å². The van der Waals surface area contributed by atoms with Gasteiger partial charge in [-0.15, -0.1) is 0 Å². The molecule has 0 saturated heterocycles. The van der Waals surface area contributed by atoms with Gasteiger partial charge >= 0.3 is 0 Å². The molecular formula is C10H18N2OS. The van der Waals surface area contributed by atoms with Gasteiger partial charge in [0, 0.05) is 19.7 Å². The van der Waals surface area contributed by atoms with Crippen molar-refractivity contribution in [3.8, 4) is 0 Å². The van der Waals surface area contributed by atoms with Gasteiger partial charge in [-0.1, -0.05) is 0 Å². The standard InChI is InChI=1S/C10H18N2OS/c1-12-8-9(7-11-12)6-10(13)4-3-5-14-2/h7-8,10,13H,3-6H2,1-2H3. The predicted octanol–water partition coefficient (Wildman–Crippen LogP) is 1.47. The Morgan fingerprint density at radius 2 is 2.43 bits per heavy atom. The summed E-state index contributed by atoms with van der Waals surface area (Å²) >= 11 is 1.83. The Bertz CT molecular complexity index is 262. The topological polar surface area (TPSA) is 38.1 Å². The number of aryl methyl sites for hydroxylation is 1. The Hall–Kier alpha value is -0.480. The van der Waals surface area contributed by atoms with Crippen LogP contribution in [0.4, 0.5) is 0 Å². The third-order valence-electron chi connectivity index (χ3n) is 2.12. The van der Waals surface area contributed by atoms with Crippen LogP contribution < -0.4 is 0 Å². The monoisotopic (exact) mass is 214 g/mol. The molecule has 1 rings (SSSR count). The number of hydrogen-bond acceptors (Lipinski definition) is 3. The van der Waals surface area contributed by atoms with Crippen LogP contribution in [0.25, 0.3) is 0 Å². The van der Waals surface area contributed by atoms with E-state index in [1.54, 1.807) is 4.68 Å². The average molecular weight is 214 g/mol. The molecule has 0 fully saturated rings. The lowest BCUT2D eigenvalue weighted by Gasteiger charge is -2.07. The van der Waals surface area contributed by atoms with E-state index >= 15 is 0 Å². The molecule has 1 N–H and O–H groups in total. The molecule has 1 heterocycles. The molecule has 0 radical (unpaired) electrons. The molecule has 80 valence electrons. The number of aliphatic hydroxyl groups is 1. The van der Waals surface area contributed by atoms with Gasteiger partial charge < -0.3 is 5.11 Å². The zero-order chi connectivity index (χ0) is 10.4. The molecule has 1 atom stereocenters. The van der Waals surface area contributed by atoms with Gasteiger partial charge in [0.25, 0.3) is 0 Å². The summed E-state index contributed by atoms with van der Waals surface area (Å²) in [5, 5.41) is 13.8. The highest BCUT2D eigenvalue weighted by Crippen LogP contribution is 2.08. The molecule has 0 spiro atoms. The van der Waals surface area contributed by atoms with Crippen LogP contribution in [-0.2, 0) is 13.5 Å². The van der Waals surface area contributed by atoms with E-state index in [1.807, 2.05) is 31.2 Å². The fraction of sp³-hybridized carbons (Fsp3) is 0.700. The zero-order valence-corrected chi connectivity index (χ0v) is 9.63. The van der Waals surface area contributed by atoms with E-state index < -0.39 is 0 Å². The van der Waals surface area contributed by atoms with E-state index in [1.165, 1.54) is 0 Å². The summed E-state index contributed by atoms with van der Waals surface area (Å²) in [7, 11) is 1.89. The third-order valence-corrected chi connectivity index (χ3v) is 2.81. The summed E-state index contributed by atoms with van der Waals surface area (Å²) in [6.45, 7) is 0. The fourth-order valence-electron chi connectivity index (χ4n) is 1.41. The maximum absolute atomic E-state index is 9.69. The van der Waals surface area contributed by atoms with Crippen LogP contribution in [0, 0.1) is 0 Å². The summed E-state index contributed by atoms with van der Waals surface area (Å²) in [4.78, 5) is 0. The fourth-order valence-corrected chi connectivity index (χ4v) is 1.87. The second kappa shape index (κ2) is 6.09. The van der Waals surface area contributed by atoms with E-state index in [-0.39, 0.29) is 6.10 Å². The van der Waals surface area contributed by atoms with Crippen molar-refractivity contribution in [2.24, 2.45) is 7.05 Å². The second-order valence-corrected chi connectivity index (χ2v) is 4.50. The number of aliphatic hydroxyl groups excluding tert-OH is 1. The SMILES string of the molecule is CSCCCC(O)Cc1cnn(C)c1. The Morgan fingerprint density at radius 3 is 3.00 bits per heavy atom. The lowest BCUT2D eigenvalue weighted by Crippen LogP contribution is -2.10. The van der Waals surface area contributed by atoms with E-state index in [0.29, 0.717) is 0 Å². The number of thioether (sulfide) groups is 1. The minimum absolute atomic E-state index is 0.216. The van der Waals surface area contributed by atoms with Crippen LogP contribution >= 0.6 is 11.8 Å². The Balaban J connectivity index is 2.23. The molecule has 0 aliphatic carbocycles.